The molecule has 0 aromatic heterocycles. The van der Waals surface area contributed by atoms with Crippen LogP contribution in [0.2, 0.25) is 5.02 Å². The second kappa shape index (κ2) is 18.5. The van der Waals surface area contributed by atoms with Gasteiger partial charge in [0, 0.05) is 49.0 Å². The Morgan fingerprint density at radius 3 is 2.44 bits per heavy atom. The van der Waals surface area contributed by atoms with Crippen LogP contribution in [0.1, 0.15) is 44.7 Å². The van der Waals surface area contributed by atoms with E-state index in [4.69, 9.17) is 16.3 Å². The van der Waals surface area contributed by atoms with E-state index in [1.807, 2.05) is 19.9 Å². The third-order valence-corrected chi connectivity index (χ3v) is 12.3. The minimum atomic E-state index is -1.67. The topological polar surface area (TPSA) is 207 Å². The van der Waals surface area contributed by atoms with Gasteiger partial charge in [-0.1, -0.05) is 48.4 Å². The molecule has 0 bridgehead atoms. The van der Waals surface area contributed by atoms with E-state index in [-0.39, 0.29) is 61.3 Å². The molecule has 4 fully saturated rings. The van der Waals surface area contributed by atoms with Gasteiger partial charge in [0.2, 0.25) is 29.5 Å². The number of amides is 7. The number of thioether (sulfide) groups is 1. The molecular weight excluding hydrogens is 809 g/mol. The third kappa shape index (κ3) is 10.1. The molecule has 5 N–H and O–H groups in total. The van der Waals surface area contributed by atoms with Crippen molar-refractivity contribution < 1.29 is 47.8 Å². The number of urea groups is 1. The minimum Gasteiger partial charge on any atom is -0.458 e. The molecule has 0 unspecified atom stereocenters. The van der Waals surface area contributed by atoms with Crippen molar-refractivity contribution in [3.05, 3.63) is 64.4 Å². The molecule has 0 saturated carbocycles. The average Bonchev–Trinajstić information content (AvgIpc) is 3.78. The predicted octanol–water partition coefficient (Wildman–Crippen LogP) is 1.60. The summed E-state index contributed by atoms with van der Waals surface area (Å²) < 4.78 is 20.5. The normalized spacial score (nSPS) is 28.5. The first-order valence-corrected chi connectivity index (χ1v) is 21.1. The molecular formula is C40H49ClFN7O9S. The van der Waals surface area contributed by atoms with E-state index >= 15 is 0 Å². The fourth-order valence-electron chi connectivity index (χ4n) is 8.03. The molecule has 4 heterocycles. The zero-order valence-electron chi connectivity index (χ0n) is 33.1. The SMILES string of the molecule is Cc1cccc(C[C@H](NC(=O)Nc2ccc(Cl)cc2F)C(=O)N[C@@H]2C(=O)N3C[C@H](O)C[C@H]3C(=O)N3CCSC[C@H]3C(=O)N[C@@H](C)C(=O)N3C[C@H](C)C[C@H]3C(=O)O[C@H]2C)c1. The number of aliphatic hydroxyl groups is 1. The molecule has 318 valence electrons. The fourth-order valence-corrected chi connectivity index (χ4v) is 9.24. The molecule has 2 aromatic rings. The molecule has 7 amide bonds. The first-order valence-electron chi connectivity index (χ1n) is 19.6. The van der Waals surface area contributed by atoms with Gasteiger partial charge < -0.3 is 45.8 Å². The number of rotatable bonds is 6. The number of halogens is 2. The first-order chi connectivity index (χ1) is 28.0. The van der Waals surface area contributed by atoms with Crippen LogP contribution >= 0.6 is 23.4 Å². The summed E-state index contributed by atoms with van der Waals surface area (Å²) >= 11 is 7.32. The lowest BCUT2D eigenvalue weighted by Gasteiger charge is -2.39. The summed E-state index contributed by atoms with van der Waals surface area (Å²) in [6, 6.07) is 2.38. The minimum absolute atomic E-state index is 0.0890. The molecule has 59 heavy (non-hydrogen) atoms. The Bertz CT molecular complexity index is 1990. The number of aliphatic hydroxyl groups excluding tert-OH is 1. The number of ether oxygens (including phenoxy) is 1. The Hall–Kier alpha value is -4.94. The standard InChI is InChI=1S/C40H49ClFN7O9S/c1-20-6-5-7-24(12-20)14-29(45-40(57)44-28-9-8-25(41)15-27(28)42)34(51)46-33-23(4)58-39(56)31-13-21(2)17-48(31)36(53)22(3)43-35(52)32-19-59-11-10-47(32)37(54)30-16-26(50)18-49(30)38(33)55/h5-9,12,15,21-23,26,29-33,50H,10-11,13-14,16-19H2,1-4H3,(H,43,52)(H,46,51)(H2,44,45,57)/t21-,22+,23+,26-,29+,30+,31+,32+,33+/m1/s1. The van der Waals surface area contributed by atoms with Gasteiger partial charge in [-0.25, -0.2) is 14.0 Å². The van der Waals surface area contributed by atoms with Crippen LogP contribution in [0.5, 0.6) is 0 Å². The van der Waals surface area contributed by atoms with Gasteiger partial charge in [0.15, 0.2) is 0 Å². The number of fused-ring (bicyclic) bond motifs is 3. The maximum atomic E-state index is 14.8. The van der Waals surface area contributed by atoms with Crippen molar-refractivity contribution in [2.24, 2.45) is 5.92 Å². The van der Waals surface area contributed by atoms with E-state index in [1.165, 1.54) is 47.5 Å². The zero-order valence-corrected chi connectivity index (χ0v) is 34.7. The maximum Gasteiger partial charge on any atom is 0.329 e. The van der Waals surface area contributed by atoms with E-state index < -0.39 is 95.8 Å². The van der Waals surface area contributed by atoms with Gasteiger partial charge in [-0.2, -0.15) is 11.8 Å². The molecule has 0 aliphatic carbocycles. The number of aryl methyl sites for hydroxylation is 1. The number of hydrogen-bond donors (Lipinski definition) is 5. The number of nitrogens with zero attached hydrogens (tertiary/aromatic N) is 3. The van der Waals surface area contributed by atoms with Crippen LogP contribution in [0, 0.1) is 18.7 Å². The number of hydrogen-bond acceptors (Lipinski definition) is 10. The highest BCUT2D eigenvalue weighted by molar-refractivity contribution is 7.99. The van der Waals surface area contributed by atoms with Crippen LogP contribution in [0.25, 0.3) is 0 Å². The van der Waals surface area contributed by atoms with Gasteiger partial charge in [0.05, 0.1) is 11.8 Å². The van der Waals surface area contributed by atoms with Crippen molar-refractivity contribution in [1.29, 1.82) is 0 Å². The van der Waals surface area contributed by atoms with E-state index in [2.05, 4.69) is 21.3 Å². The number of carbonyl (C=O) groups is 7. The number of anilines is 1. The van der Waals surface area contributed by atoms with E-state index in [9.17, 15) is 43.1 Å². The number of esters is 1. The summed E-state index contributed by atoms with van der Waals surface area (Å²) in [5, 5.41) is 21.3. The lowest BCUT2D eigenvalue weighted by atomic mass is 10.0. The molecule has 0 spiro atoms. The lowest BCUT2D eigenvalue weighted by Crippen LogP contribution is -2.63. The Labute approximate surface area is 350 Å². The molecule has 9 atom stereocenters. The van der Waals surface area contributed by atoms with Crippen LogP contribution in [0.4, 0.5) is 14.9 Å². The lowest BCUT2D eigenvalue weighted by molar-refractivity contribution is -0.163. The van der Waals surface area contributed by atoms with Crippen LogP contribution < -0.4 is 21.3 Å². The maximum absolute atomic E-state index is 14.8. The number of cyclic esters (lactones) is 1. The van der Waals surface area contributed by atoms with Crippen LogP contribution in [-0.2, 0) is 39.9 Å². The van der Waals surface area contributed by atoms with Gasteiger partial charge in [-0.3, -0.25) is 24.0 Å². The molecule has 2 aromatic carbocycles. The number of benzene rings is 2. The largest absolute Gasteiger partial charge is 0.458 e. The summed E-state index contributed by atoms with van der Waals surface area (Å²) in [5.41, 5.74) is 1.28. The summed E-state index contributed by atoms with van der Waals surface area (Å²) in [7, 11) is 0. The second-order valence-corrected chi connectivity index (χ2v) is 17.3. The molecule has 19 heteroatoms. The van der Waals surface area contributed by atoms with Gasteiger partial charge in [0.25, 0.3) is 0 Å². The van der Waals surface area contributed by atoms with Crippen LogP contribution in [0.15, 0.2) is 42.5 Å². The highest BCUT2D eigenvalue weighted by atomic mass is 35.5. The summed E-state index contributed by atoms with van der Waals surface area (Å²) in [5.74, 6) is -4.53. The average molecular weight is 858 g/mol. The van der Waals surface area contributed by atoms with E-state index in [0.29, 0.717) is 11.3 Å². The highest BCUT2D eigenvalue weighted by Crippen LogP contribution is 2.29. The Kier molecular flexibility index (Phi) is 13.7. The molecule has 0 radical (unpaired) electrons. The van der Waals surface area contributed by atoms with Gasteiger partial charge >= 0.3 is 12.0 Å². The van der Waals surface area contributed by atoms with Crippen molar-refractivity contribution in [3.8, 4) is 0 Å². The third-order valence-electron chi connectivity index (χ3n) is 11.0. The number of carbonyl (C=O) groups excluding carboxylic acids is 7. The Balaban J connectivity index is 1.35. The fraction of sp³-hybridized carbons (Fsp3) is 0.525. The summed E-state index contributed by atoms with van der Waals surface area (Å²) in [6.45, 7) is 6.64. The smallest absolute Gasteiger partial charge is 0.329 e. The van der Waals surface area contributed by atoms with Crippen molar-refractivity contribution in [1.82, 2.24) is 30.7 Å². The predicted molar refractivity (Wildman–Crippen MR) is 216 cm³/mol. The van der Waals surface area contributed by atoms with Crippen LogP contribution in [0.3, 0.4) is 0 Å². The van der Waals surface area contributed by atoms with Crippen molar-refractivity contribution in [2.75, 3.05) is 36.5 Å². The van der Waals surface area contributed by atoms with Crippen molar-refractivity contribution in [3.63, 3.8) is 0 Å². The Morgan fingerprint density at radius 1 is 0.966 bits per heavy atom. The van der Waals surface area contributed by atoms with Crippen molar-refractivity contribution >= 4 is 70.6 Å². The number of nitrogens with one attached hydrogen (secondary N) is 4. The second-order valence-electron chi connectivity index (χ2n) is 15.7. The summed E-state index contributed by atoms with van der Waals surface area (Å²) in [6.07, 6.45) is -2.57. The molecule has 4 aliphatic heterocycles. The summed E-state index contributed by atoms with van der Waals surface area (Å²) in [4.78, 5) is 102. The van der Waals surface area contributed by atoms with Gasteiger partial charge in [-0.05, 0) is 56.9 Å². The van der Waals surface area contributed by atoms with Gasteiger partial charge in [-0.15, -0.1) is 0 Å². The highest BCUT2D eigenvalue weighted by Gasteiger charge is 2.49. The molecule has 16 nitrogen and oxygen atoms in total. The zero-order chi connectivity index (χ0) is 42.7. The van der Waals surface area contributed by atoms with Crippen LogP contribution in [-0.4, -0.2) is 141 Å². The van der Waals surface area contributed by atoms with Gasteiger partial charge in [0.1, 0.15) is 48.2 Å². The molecule has 4 saturated heterocycles. The molecule has 4 aliphatic rings. The quantitative estimate of drug-likeness (QED) is 0.266. The monoisotopic (exact) mass is 857 g/mol. The van der Waals surface area contributed by atoms with E-state index in [0.717, 1.165) is 16.5 Å². The van der Waals surface area contributed by atoms with E-state index in [1.54, 1.807) is 18.2 Å². The first kappa shape index (κ1) is 43.6. The Morgan fingerprint density at radius 2 is 1.71 bits per heavy atom. The molecule has 6 rings (SSSR count). The van der Waals surface area contributed by atoms with Crippen molar-refractivity contribution in [2.45, 2.75) is 95.4 Å².